The molecule has 0 saturated carbocycles. The van der Waals surface area contributed by atoms with Crippen LogP contribution in [0.1, 0.15) is 18.4 Å². The van der Waals surface area contributed by atoms with Gasteiger partial charge < -0.3 is 14.5 Å². The Morgan fingerprint density at radius 2 is 2.04 bits per heavy atom. The Labute approximate surface area is 144 Å². The fourth-order valence-electron chi connectivity index (χ4n) is 3.76. The Kier molecular flexibility index (Phi) is 4.73. The van der Waals surface area contributed by atoms with E-state index in [-0.39, 0.29) is 19.1 Å². The summed E-state index contributed by atoms with van der Waals surface area (Å²) in [7, 11) is 1.34. The summed E-state index contributed by atoms with van der Waals surface area (Å²) in [5.74, 6) is -3.90. The van der Waals surface area contributed by atoms with Crippen molar-refractivity contribution in [3.63, 3.8) is 0 Å². The van der Waals surface area contributed by atoms with E-state index in [1.807, 2.05) is 0 Å². The number of nitrogens with zero attached hydrogens (tertiary/aromatic N) is 3. The predicted octanol–water partition coefficient (Wildman–Crippen LogP) is 1.31. The lowest BCUT2D eigenvalue weighted by atomic mass is 9.77. The van der Waals surface area contributed by atoms with E-state index in [0.717, 1.165) is 10.5 Å². The summed E-state index contributed by atoms with van der Waals surface area (Å²) in [5.41, 5.74) is -0.312. The second kappa shape index (κ2) is 6.67. The smallest absolute Gasteiger partial charge is 0.266 e. The summed E-state index contributed by atoms with van der Waals surface area (Å²) in [4.78, 5) is 31.5. The number of hydrogen-bond acceptors (Lipinski definition) is 4. The number of amides is 2. The van der Waals surface area contributed by atoms with Crippen LogP contribution in [-0.2, 0) is 20.9 Å². The number of rotatable bonds is 4. The van der Waals surface area contributed by atoms with Gasteiger partial charge in [0.1, 0.15) is 6.61 Å². The molecule has 0 radical (unpaired) electrons. The first kappa shape index (κ1) is 17.7. The van der Waals surface area contributed by atoms with Crippen molar-refractivity contribution in [1.29, 1.82) is 0 Å². The lowest BCUT2D eigenvalue weighted by molar-refractivity contribution is -0.165. The monoisotopic (exact) mass is 353 g/mol. The van der Waals surface area contributed by atoms with E-state index in [1.165, 1.54) is 7.11 Å². The maximum atomic E-state index is 14.3. The lowest BCUT2D eigenvalue weighted by Gasteiger charge is -2.42. The summed E-state index contributed by atoms with van der Waals surface area (Å²) in [5, 5.41) is 0. The van der Waals surface area contributed by atoms with Crippen LogP contribution in [0.2, 0.25) is 0 Å². The quantitative estimate of drug-likeness (QED) is 0.819. The van der Waals surface area contributed by atoms with Gasteiger partial charge in [0.25, 0.3) is 5.92 Å². The Balaban J connectivity index is 1.78. The third kappa shape index (κ3) is 3.63. The Morgan fingerprint density at radius 3 is 2.72 bits per heavy atom. The van der Waals surface area contributed by atoms with Gasteiger partial charge in [-0.25, -0.2) is 8.78 Å². The molecule has 25 heavy (non-hydrogen) atoms. The van der Waals surface area contributed by atoms with Gasteiger partial charge in [-0.05, 0) is 24.1 Å². The Hall–Kier alpha value is -2.09. The van der Waals surface area contributed by atoms with Crippen molar-refractivity contribution in [2.75, 3.05) is 33.4 Å². The highest BCUT2D eigenvalue weighted by molar-refractivity contribution is 5.87. The van der Waals surface area contributed by atoms with Gasteiger partial charge in [-0.15, -0.1) is 0 Å². The molecule has 2 amide bonds. The number of halogens is 2. The SMILES string of the molecule is COCC(=O)N1CC(F)(F)C[C@@]2(CCN(Cc3ccncc3)C2=O)C1. The van der Waals surface area contributed by atoms with Crippen molar-refractivity contribution in [1.82, 2.24) is 14.8 Å². The third-order valence-corrected chi connectivity index (χ3v) is 4.86. The van der Waals surface area contributed by atoms with Gasteiger partial charge in [0.05, 0.1) is 12.0 Å². The molecule has 8 heteroatoms. The molecular formula is C17H21F2N3O3. The number of hydrogen-bond donors (Lipinski definition) is 0. The minimum absolute atomic E-state index is 0.0243. The molecule has 0 unspecified atom stereocenters. The number of piperidine rings is 1. The molecular weight excluding hydrogens is 332 g/mol. The average Bonchev–Trinajstić information content (AvgIpc) is 2.83. The highest BCUT2D eigenvalue weighted by atomic mass is 19.3. The predicted molar refractivity (Wildman–Crippen MR) is 84.7 cm³/mol. The van der Waals surface area contributed by atoms with Crippen LogP contribution in [0.25, 0.3) is 0 Å². The van der Waals surface area contributed by atoms with Crippen LogP contribution in [0.4, 0.5) is 8.78 Å². The standard InChI is InChI=1S/C17H21F2N3O3/c1-25-9-14(23)22-11-16(10-17(18,19)12-22)4-7-21(15(16)24)8-13-2-5-20-6-3-13/h2-3,5-6H,4,7-12H2,1H3/t16-/m0/s1. The molecule has 2 fully saturated rings. The highest BCUT2D eigenvalue weighted by Gasteiger charge is 2.57. The van der Waals surface area contributed by atoms with E-state index in [2.05, 4.69) is 4.98 Å². The van der Waals surface area contributed by atoms with Gasteiger partial charge in [-0.2, -0.15) is 0 Å². The molecule has 2 aliphatic heterocycles. The summed E-state index contributed by atoms with van der Waals surface area (Å²) in [6.07, 6.45) is 3.07. The van der Waals surface area contributed by atoms with Crippen LogP contribution < -0.4 is 0 Å². The van der Waals surface area contributed by atoms with Gasteiger partial charge in [0.2, 0.25) is 11.8 Å². The van der Waals surface area contributed by atoms with E-state index in [9.17, 15) is 18.4 Å². The zero-order chi connectivity index (χ0) is 18.1. The van der Waals surface area contributed by atoms with Crippen molar-refractivity contribution in [2.45, 2.75) is 25.3 Å². The van der Waals surface area contributed by atoms with Crippen molar-refractivity contribution >= 4 is 11.8 Å². The van der Waals surface area contributed by atoms with Crippen LogP contribution >= 0.6 is 0 Å². The molecule has 3 heterocycles. The minimum atomic E-state index is -3.08. The summed E-state index contributed by atoms with van der Waals surface area (Å²) in [6, 6.07) is 3.59. The first-order chi connectivity index (χ1) is 11.9. The van der Waals surface area contributed by atoms with Gasteiger partial charge in [-0.3, -0.25) is 14.6 Å². The number of alkyl halides is 2. The van der Waals surface area contributed by atoms with Gasteiger partial charge >= 0.3 is 0 Å². The number of pyridine rings is 1. The molecule has 136 valence electrons. The van der Waals surface area contributed by atoms with Crippen molar-refractivity contribution in [2.24, 2.45) is 5.41 Å². The second-order valence-electron chi connectivity index (χ2n) is 6.83. The Morgan fingerprint density at radius 1 is 1.32 bits per heavy atom. The van der Waals surface area contributed by atoms with Crippen LogP contribution in [0.5, 0.6) is 0 Å². The molecule has 2 aliphatic rings. The number of carbonyl (C=O) groups excluding carboxylic acids is 2. The maximum absolute atomic E-state index is 14.3. The van der Waals surface area contributed by atoms with E-state index in [0.29, 0.717) is 19.5 Å². The topological polar surface area (TPSA) is 62.7 Å². The zero-order valence-corrected chi connectivity index (χ0v) is 14.1. The number of ether oxygens (including phenoxy) is 1. The minimum Gasteiger partial charge on any atom is -0.375 e. The summed E-state index contributed by atoms with van der Waals surface area (Å²) >= 11 is 0. The van der Waals surface area contributed by atoms with Crippen molar-refractivity contribution in [3.8, 4) is 0 Å². The lowest BCUT2D eigenvalue weighted by Crippen LogP contribution is -2.57. The molecule has 0 aliphatic carbocycles. The molecule has 0 aromatic carbocycles. The normalized spacial score (nSPS) is 25.6. The van der Waals surface area contributed by atoms with Crippen LogP contribution in [0.3, 0.4) is 0 Å². The average molecular weight is 353 g/mol. The third-order valence-electron chi connectivity index (χ3n) is 4.86. The van der Waals surface area contributed by atoms with Crippen molar-refractivity contribution in [3.05, 3.63) is 30.1 Å². The van der Waals surface area contributed by atoms with E-state index in [4.69, 9.17) is 4.74 Å². The summed E-state index contributed by atoms with van der Waals surface area (Å²) in [6.45, 7) is -0.129. The largest absolute Gasteiger partial charge is 0.375 e. The Bertz CT molecular complexity index is 656. The molecule has 1 atom stereocenters. The highest BCUT2D eigenvalue weighted by Crippen LogP contribution is 2.46. The molecule has 3 rings (SSSR count). The number of aromatic nitrogens is 1. The number of methoxy groups -OCH3 is 1. The second-order valence-corrected chi connectivity index (χ2v) is 6.83. The van der Waals surface area contributed by atoms with Crippen LogP contribution in [-0.4, -0.2) is 65.9 Å². The van der Waals surface area contributed by atoms with E-state index >= 15 is 0 Å². The van der Waals surface area contributed by atoms with Gasteiger partial charge in [0, 0.05) is 45.6 Å². The first-order valence-corrected chi connectivity index (χ1v) is 8.18. The fraction of sp³-hybridized carbons (Fsp3) is 0.588. The van der Waals surface area contributed by atoms with Crippen LogP contribution in [0, 0.1) is 5.41 Å². The molecule has 0 bridgehead atoms. The van der Waals surface area contributed by atoms with E-state index in [1.54, 1.807) is 29.4 Å². The fourth-order valence-corrected chi connectivity index (χ4v) is 3.76. The number of carbonyl (C=O) groups is 2. The first-order valence-electron chi connectivity index (χ1n) is 8.18. The van der Waals surface area contributed by atoms with Gasteiger partial charge in [-0.1, -0.05) is 0 Å². The van der Waals surface area contributed by atoms with E-state index < -0.39 is 30.2 Å². The van der Waals surface area contributed by atoms with Crippen molar-refractivity contribution < 1.29 is 23.1 Å². The maximum Gasteiger partial charge on any atom is 0.266 e. The summed E-state index contributed by atoms with van der Waals surface area (Å²) < 4.78 is 33.3. The molecule has 1 aromatic rings. The molecule has 6 nitrogen and oxygen atoms in total. The molecule has 1 spiro atoms. The molecule has 1 aromatic heterocycles. The van der Waals surface area contributed by atoms with Gasteiger partial charge in [0.15, 0.2) is 0 Å². The number of likely N-dealkylation sites (tertiary alicyclic amines) is 2. The van der Waals surface area contributed by atoms with Crippen LogP contribution in [0.15, 0.2) is 24.5 Å². The zero-order valence-electron chi connectivity index (χ0n) is 14.1. The molecule has 2 saturated heterocycles. The molecule has 0 N–H and O–H groups in total.